The summed E-state index contributed by atoms with van der Waals surface area (Å²) in [7, 11) is 0. The summed E-state index contributed by atoms with van der Waals surface area (Å²) in [6, 6.07) is -4.79. The number of thioether (sulfide) groups is 1. The van der Waals surface area contributed by atoms with E-state index in [-0.39, 0.29) is 19.3 Å². The molecule has 4 unspecified atom stereocenters. The predicted octanol–water partition coefficient (Wildman–Crippen LogP) is -2.60. The van der Waals surface area contributed by atoms with Crippen molar-refractivity contribution in [2.24, 2.45) is 23.1 Å². The number of hydrogen-bond acceptors (Lipinski definition) is 8. The van der Waals surface area contributed by atoms with E-state index in [4.69, 9.17) is 17.2 Å². The van der Waals surface area contributed by atoms with Gasteiger partial charge in [-0.1, -0.05) is 13.8 Å². The van der Waals surface area contributed by atoms with E-state index in [2.05, 4.69) is 16.0 Å². The summed E-state index contributed by atoms with van der Waals surface area (Å²) in [5.74, 6) is -4.98. The summed E-state index contributed by atoms with van der Waals surface area (Å²) in [5.41, 5.74) is 15.7. The van der Waals surface area contributed by atoms with Gasteiger partial charge in [0.15, 0.2) is 0 Å². The third-order valence-electron chi connectivity index (χ3n) is 4.54. The fraction of sp³-hybridized carbons (Fsp3) is 0.684. The predicted molar refractivity (Wildman–Crippen MR) is 121 cm³/mol. The topological polar surface area (TPSA) is 237 Å². The largest absolute Gasteiger partial charge is 0.480 e. The quantitative estimate of drug-likeness (QED) is 0.120. The van der Waals surface area contributed by atoms with Crippen LogP contribution in [0, 0.1) is 5.92 Å². The van der Waals surface area contributed by atoms with Crippen LogP contribution < -0.4 is 33.2 Å². The normalized spacial score (nSPS) is 14.5. The molecule has 0 bridgehead atoms. The fourth-order valence-corrected chi connectivity index (χ4v) is 3.16. The lowest BCUT2D eigenvalue weighted by Crippen LogP contribution is -2.58. The minimum absolute atomic E-state index is 0.209. The van der Waals surface area contributed by atoms with Crippen LogP contribution in [0.15, 0.2) is 0 Å². The Morgan fingerprint density at radius 1 is 0.848 bits per heavy atom. The lowest BCUT2D eigenvalue weighted by atomic mass is 10.0. The molecule has 0 spiro atoms. The summed E-state index contributed by atoms with van der Waals surface area (Å²) in [4.78, 5) is 71.1. The first-order chi connectivity index (χ1) is 15.3. The van der Waals surface area contributed by atoms with E-state index in [1.165, 1.54) is 11.8 Å². The van der Waals surface area contributed by atoms with Crippen molar-refractivity contribution in [3.63, 3.8) is 0 Å². The van der Waals surface area contributed by atoms with Crippen LogP contribution in [0.5, 0.6) is 0 Å². The highest BCUT2D eigenvalue weighted by molar-refractivity contribution is 7.98. The molecule has 0 radical (unpaired) electrons. The van der Waals surface area contributed by atoms with Gasteiger partial charge in [-0.3, -0.25) is 24.0 Å². The highest BCUT2D eigenvalue weighted by Crippen LogP contribution is 2.08. The number of carbonyl (C=O) groups excluding carboxylic acids is 5. The molecule has 188 valence electrons. The number of carbonyl (C=O) groups is 6. The number of amides is 5. The Labute approximate surface area is 196 Å². The second kappa shape index (κ2) is 15.1. The maximum Gasteiger partial charge on any atom is 0.326 e. The maximum atomic E-state index is 12.9. The molecule has 33 heavy (non-hydrogen) atoms. The summed E-state index contributed by atoms with van der Waals surface area (Å²) < 4.78 is 0. The Balaban J connectivity index is 5.39. The van der Waals surface area contributed by atoms with Crippen LogP contribution in [0.4, 0.5) is 0 Å². The molecule has 0 heterocycles. The number of rotatable bonds is 16. The van der Waals surface area contributed by atoms with Crippen molar-refractivity contribution in [1.29, 1.82) is 0 Å². The zero-order chi connectivity index (χ0) is 25.7. The Bertz CT molecular complexity index is 733. The minimum Gasteiger partial charge on any atom is -0.480 e. The average Bonchev–Trinajstić information content (AvgIpc) is 2.70. The van der Waals surface area contributed by atoms with Crippen molar-refractivity contribution in [2.75, 3.05) is 12.0 Å². The number of carboxylic acid groups (broad SMARTS) is 1. The molecule has 0 saturated heterocycles. The molecule has 0 rings (SSSR count). The van der Waals surface area contributed by atoms with Crippen molar-refractivity contribution in [3.8, 4) is 0 Å². The molecule has 0 aliphatic heterocycles. The minimum atomic E-state index is -1.37. The Kier molecular flexibility index (Phi) is 13.7. The number of primary amides is 2. The van der Waals surface area contributed by atoms with Crippen molar-refractivity contribution >= 4 is 47.3 Å². The van der Waals surface area contributed by atoms with Crippen molar-refractivity contribution in [3.05, 3.63) is 0 Å². The number of aliphatic carboxylic acids is 1. The molecule has 4 atom stereocenters. The molecule has 10 N–H and O–H groups in total. The standard InChI is InChI=1S/C19H34N6O7S/c1-9(2)15(18(30)24-12(19(31)32)4-5-13(21)26)25-17(29)11(6-7-33-3)23-16(28)10(20)8-14(22)27/h9-12,15H,4-8,20H2,1-3H3,(H2,21,26)(H2,22,27)(H,23,28)(H,24,30)(H,25,29)(H,31,32). The van der Waals surface area contributed by atoms with E-state index in [0.29, 0.717) is 5.75 Å². The summed E-state index contributed by atoms with van der Waals surface area (Å²) in [6.45, 7) is 3.28. The maximum absolute atomic E-state index is 12.9. The zero-order valence-electron chi connectivity index (χ0n) is 19.0. The second-order valence-corrected chi connectivity index (χ2v) is 8.74. The first-order valence-electron chi connectivity index (χ1n) is 10.2. The van der Waals surface area contributed by atoms with Gasteiger partial charge >= 0.3 is 5.97 Å². The molecule has 0 aliphatic carbocycles. The summed E-state index contributed by atoms with van der Waals surface area (Å²) in [6.07, 6.45) is 1.16. The molecule has 0 aromatic heterocycles. The molecule has 0 aromatic rings. The second-order valence-electron chi connectivity index (χ2n) is 7.75. The monoisotopic (exact) mass is 490 g/mol. The third kappa shape index (κ3) is 12.1. The van der Waals surface area contributed by atoms with Gasteiger partial charge in [0.2, 0.25) is 29.5 Å². The van der Waals surface area contributed by atoms with E-state index < -0.39 is 72.0 Å². The average molecular weight is 491 g/mol. The lowest BCUT2D eigenvalue weighted by Gasteiger charge is -2.27. The summed E-state index contributed by atoms with van der Waals surface area (Å²) >= 11 is 1.43. The fourth-order valence-electron chi connectivity index (χ4n) is 2.69. The molecular formula is C19H34N6O7S. The molecule has 5 amide bonds. The van der Waals surface area contributed by atoms with Crippen LogP contribution in [-0.4, -0.2) is 76.8 Å². The Hall–Kier alpha value is -2.87. The third-order valence-corrected chi connectivity index (χ3v) is 5.19. The number of nitrogens with two attached hydrogens (primary N) is 3. The first kappa shape index (κ1) is 30.1. The van der Waals surface area contributed by atoms with Gasteiger partial charge in [-0.15, -0.1) is 0 Å². The van der Waals surface area contributed by atoms with Gasteiger partial charge in [0.1, 0.15) is 18.1 Å². The highest BCUT2D eigenvalue weighted by Gasteiger charge is 2.32. The van der Waals surface area contributed by atoms with Crippen LogP contribution in [0.1, 0.15) is 39.5 Å². The molecule has 14 heteroatoms. The van der Waals surface area contributed by atoms with Crippen LogP contribution >= 0.6 is 11.8 Å². The van der Waals surface area contributed by atoms with E-state index >= 15 is 0 Å². The SMILES string of the molecule is CSCCC(NC(=O)C(N)CC(N)=O)C(=O)NC(C(=O)NC(CCC(N)=O)C(=O)O)C(C)C. The van der Waals surface area contributed by atoms with Gasteiger partial charge in [0.05, 0.1) is 12.5 Å². The van der Waals surface area contributed by atoms with Crippen LogP contribution in [0.3, 0.4) is 0 Å². The Morgan fingerprint density at radius 3 is 1.88 bits per heavy atom. The lowest BCUT2D eigenvalue weighted by molar-refractivity contribution is -0.143. The molecule has 0 saturated carbocycles. The number of hydrogen-bond donors (Lipinski definition) is 7. The van der Waals surface area contributed by atoms with Crippen LogP contribution in [0.25, 0.3) is 0 Å². The van der Waals surface area contributed by atoms with Gasteiger partial charge in [-0.25, -0.2) is 4.79 Å². The van der Waals surface area contributed by atoms with Gasteiger partial charge in [-0.2, -0.15) is 11.8 Å². The summed E-state index contributed by atoms with van der Waals surface area (Å²) in [5, 5.41) is 16.6. The molecule has 13 nitrogen and oxygen atoms in total. The van der Waals surface area contributed by atoms with E-state index in [0.717, 1.165) is 0 Å². The number of carboxylic acids is 1. The van der Waals surface area contributed by atoms with E-state index in [1.54, 1.807) is 20.1 Å². The van der Waals surface area contributed by atoms with Crippen molar-refractivity contribution in [1.82, 2.24) is 16.0 Å². The van der Waals surface area contributed by atoms with Gasteiger partial charge in [-0.05, 0) is 30.8 Å². The van der Waals surface area contributed by atoms with E-state index in [9.17, 15) is 33.9 Å². The van der Waals surface area contributed by atoms with Crippen LogP contribution in [0.2, 0.25) is 0 Å². The molecule has 0 aliphatic rings. The first-order valence-corrected chi connectivity index (χ1v) is 11.6. The van der Waals surface area contributed by atoms with Crippen LogP contribution in [-0.2, 0) is 28.8 Å². The van der Waals surface area contributed by atoms with E-state index in [1.807, 2.05) is 0 Å². The molecule has 0 aromatic carbocycles. The van der Waals surface area contributed by atoms with Gasteiger partial charge in [0.25, 0.3) is 0 Å². The molecular weight excluding hydrogens is 456 g/mol. The highest BCUT2D eigenvalue weighted by atomic mass is 32.2. The van der Waals surface area contributed by atoms with Crippen molar-refractivity contribution < 1.29 is 33.9 Å². The zero-order valence-corrected chi connectivity index (χ0v) is 19.8. The molecule has 0 fully saturated rings. The Morgan fingerprint density at radius 2 is 1.42 bits per heavy atom. The number of nitrogens with one attached hydrogen (secondary N) is 3. The van der Waals surface area contributed by atoms with Gasteiger partial charge < -0.3 is 38.3 Å². The smallest absolute Gasteiger partial charge is 0.326 e. The van der Waals surface area contributed by atoms with Crippen molar-refractivity contribution in [2.45, 2.75) is 63.7 Å². The van der Waals surface area contributed by atoms with Gasteiger partial charge in [0, 0.05) is 6.42 Å².